The molecule has 0 aliphatic carbocycles. The van der Waals surface area contributed by atoms with E-state index in [4.69, 9.17) is 10.00 Å². The number of hydrogen-bond acceptors (Lipinski definition) is 4. The van der Waals surface area contributed by atoms with Crippen molar-refractivity contribution in [1.82, 2.24) is 0 Å². The van der Waals surface area contributed by atoms with Crippen LogP contribution < -0.4 is 0 Å². The average molecular weight is 225 g/mol. The lowest BCUT2D eigenvalue weighted by Gasteiger charge is -2.26. The molecule has 1 atom stereocenters. The summed E-state index contributed by atoms with van der Waals surface area (Å²) in [6.07, 6.45) is 1.21. The van der Waals surface area contributed by atoms with Crippen molar-refractivity contribution in [2.45, 2.75) is 46.5 Å². The van der Waals surface area contributed by atoms with E-state index in [-0.39, 0.29) is 25.2 Å². The normalized spacial score (nSPS) is 13.6. The van der Waals surface area contributed by atoms with Gasteiger partial charge in [-0.15, -0.1) is 0 Å². The van der Waals surface area contributed by atoms with E-state index in [1.54, 1.807) is 13.8 Å². The zero-order valence-electron chi connectivity index (χ0n) is 10.2. The molecule has 0 aromatic carbocycles. The predicted octanol–water partition coefficient (Wildman–Crippen LogP) is 2.23. The number of nitriles is 1. The smallest absolute Gasteiger partial charge is 0.320 e. The number of nitrogens with zero attached hydrogens (tertiary/aromatic N) is 1. The Balaban J connectivity index is 5.16. The van der Waals surface area contributed by atoms with Crippen LogP contribution in [0.4, 0.5) is 0 Å². The standard InChI is InChI=1S/C12H19NO3/c1-4-7-12(8-9-13,10(14)5-2)11(15)16-6-3/h4-8H2,1-3H3/t12-/m1/s1. The highest BCUT2D eigenvalue weighted by Gasteiger charge is 2.44. The molecule has 0 fully saturated rings. The van der Waals surface area contributed by atoms with E-state index in [9.17, 15) is 9.59 Å². The second kappa shape index (κ2) is 7.00. The van der Waals surface area contributed by atoms with Gasteiger partial charge in [0.05, 0.1) is 19.1 Å². The second-order valence-electron chi connectivity index (χ2n) is 3.66. The Kier molecular flexibility index (Phi) is 6.40. The summed E-state index contributed by atoms with van der Waals surface area (Å²) in [5.74, 6) is -0.750. The van der Waals surface area contributed by atoms with Gasteiger partial charge in [-0.1, -0.05) is 20.3 Å². The van der Waals surface area contributed by atoms with Crippen LogP contribution in [0, 0.1) is 16.7 Å². The third kappa shape index (κ3) is 3.06. The minimum absolute atomic E-state index is 0.0909. The lowest BCUT2D eigenvalue weighted by Crippen LogP contribution is -2.40. The molecule has 0 amide bonds. The molecular weight excluding hydrogens is 206 g/mol. The number of ketones is 1. The molecule has 4 nitrogen and oxygen atoms in total. The van der Waals surface area contributed by atoms with Crippen molar-refractivity contribution in [3.63, 3.8) is 0 Å². The number of esters is 1. The molecule has 16 heavy (non-hydrogen) atoms. The number of carbonyl (C=O) groups excluding carboxylic acids is 2. The summed E-state index contributed by atoms with van der Waals surface area (Å²) in [7, 11) is 0. The van der Waals surface area contributed by atoms with Crippen molar-refractivity contribution < 1.29 is 14.3 Å². The number of rotatable bonds is 7. The molecule has 0 spiro atoms. The number of carbonyl (C=O) groups is 2. The molecule has 0 saturated carbocycles. The third-order valence-corrected chi connectivity index (χ3v) is 2.58. The fraction of sp³-hybridized carbons (Fsp3) is 0.750. The monoisotopic (exact) mass is 225 g/mol. The van der Waals surface area contributed by atoms with E-state index >= 15 is 0 Å². The summed E-state index contributed by atoms with van der Waals surface area (Å²) in [4.78, 5) is 23.7. The maximum absolute atomic E-state index is 11.9. The summed E-state index contributed by atoms with van der Waals surface area (Å²) >= 11 is 0. The molecular formula is C12H19NO3. The highest BCUT2D eigenvalue weighted by atomic mass is 16.5. The summed E-state index contributed by atoms with van der Waals surface area (Å²) in [5, 5.41) is 8.78. The molecule has 0 bridgehead atoms. The minimum atomic E-state index is -1.24. The quantitative estimate of drug-likeness (QED) is 0.492. The zero-order valence-corrected chi connectivity index (χ0v) is 10.2. The van der Waals surface area contributed by atoms with Gasteiger partial charge in [0, 0.05) is 6.42 Å². The van der Waals surface area contributed by atoms with Gasteiger partial charge < -0.3 is 4.74 Å². The Morgan fingerprint density at radius 3 is 2.31 bits per heavy atom. The molecule has 90 valence electrons. The zero-order chi connectivity index (χ0) is 12.6. The van der Waals surface area contributed by atoms with Gasteiger partial charge >= 0.3 is 5.97 Å². The van der Waals surface area contributed by atoms with E-state index in [0.717, 1.165) is 0 Å². The Morgan fingerprint density at radius 2 is 1.94 bits per heavy atom. The van der Waals surface area contributed by atoms with E-state index in [2.05, 4.69) is 0 Å². The van der Waals surface area contributed by atoms with Crippen LogP contribution in [0.15, 0.2) is 0 Å². The van der Waals surface area contributed by atoms with Crippen molar-refractivity contribution in [2.75, 3.05) is 6.61 Å². The molecule has 0 aliphatic heterocycles. The average Bonchev–Trinajstić information content (AvgIpc) is 2.27. The molecule has 0 aliphatic rings. The van der Waals surface area contributed by atoms with Crippen LogP contribution in [0.1, 0.15) is 46.5 Å². The summed E-state index contributed by atoms with van der Waals surface area (Å²) in [5.41, 5.74) is -1.24. The van der Waals surface area contributed by atoms with E-state index in [1.165, 1.54) is 0 Å². The van der Waals surface area contributed by atoms with Crippen molar-refractivity contribution >= 4 is 11.8 Å². The van der Waals surface area contributed by atoms with Crippen LogP contribution in [0.2, 0.25) is 0 Å². The first-order valence-corrected chi connectivity index (χ1v) is 5.66. The van der Waals surface area contributed by atoms with E-state index < -0.39 is 11.4 Å². The topological polar surface area (TPSA) is 67.2 Å². The fourth-order valence-corrected chi connectivity index (χ4v) is 1.78. The van der Waals surface area contributed by atoms with Crippen molar-refractivity contribution in [1.29, 1.82) is 5.26 Å². The molecule has 0 N–H and O–H groups in total. The van der Waals surface area contributed by atoms with Crippen LogP contribution in [0.25, 0.3) is 0 Å². The van der Waals surface area contributed by atoms with Crippen LogP contribution in [0.5, 0.6) is 0 Å². The molecule has 0 heterocycles. The largest absolute Gasteiger partial charge is 0.465 e. The third-order valence-electron chi connectivity index (χ3n) is 2.58. The highest BCUT2D eigenvalue weighted by molar-refractivity contribution is 6.04. The van der Waals surface area contributed by atoms with Gasteiger partial charge in [0.2, 0.25) is 0 Å². The van der Waals surface area contributed by atoms with Gasteiger partial charge in [0.1, 0.15) is 5.41 Å². The first-order valence-electron chi connectivity index (χ1n) is 5.66. The first-order chi connectivity index (χ1) is 7.58. The number of hydrogen-bond donors (Lipinski definition) is 0. The van der Waals surface area contributed by atoms with Crippen LogP contribution in [-0.2, 0) is 14.3 Å². The van der Waals surface area contributed by atoms with Crippen molar-refractivity contribution in [3.05, 3.63) is 0 Å². The van der Waals surface area contributed by atoms with Crippen molar-refractivity contribution in [3.8, 4) is 6.07 Å². The summed E-state index contributed by atoms with van der Waals surface area (Å²) in [6.45, 7) is 5.50. The molecule has 4 heteroatoms. The lowest BCUT2D eigenvalue weighted by molar-refractivity contribution is -0.160. The Bertz CT molecular complexity index is 293. The molecule has 0 aromatic heterocycles. The van der Waals surface area contributed by atoms with E-state index in [0.29, 0.717) is 12.8 Å². The van der Waals surface area contributed by atoms with Gasteiger partial charge in [-0.25, -0.2) is 0 Å². The molecule has 0 saturated heterocycles. The SMILES string of the molecule is CCC[C@@](CC#N)(C(=O)CC)C(=O)OCC. The lowest BCUT2D eigenvalue weighted by atomic mass is 9.76. The first kappa shape index (κ1) is 14.6. The molecule has 0 aromatic rings. The van der Waals surface area contributed by atoms with Gasteiger partial charge in [-0.3, -0.25) is 9.59 Å². The van der Waals surface area contributed by atoms with E-state index in [1.807, 2.05) is 13.0 Å². The second-order valence-corrected chi connectivity index (χ2v) is 3.66. The van der Waals surface area contributed by atoms with Crippen LogP contribution in [0.3, 0.4) is 0 Å². The Morgan fingerprint density at radius 1 is 1.31 bits per heavy atom. The predicted molar refractivity (Wildman–Crippen MR) is 59.5 cm³/mol. The minimum Gasteiger partial charge on any atom is -0.465 e. The Labute approximate surface area is 96.6 Å². The molecule has 0 rings (SSSR count). The summed E-state index contributed by atoms with van der Waals surface area (Å²) < 4.78 is 4.92. The maximum atomic E-state index is 11.9. The van der Waals surface area contributed by atoms with Gasteiger partial charge in [0.25, 0.3) is 0 Å². The molecule has 0 radical (unpaired) electrons. The van der Waals surface area contributed by atoms with Gasteiger partial charge in [-0.2, -0.15) is 5.26 Å². The fourth-order valence-electron chi connectivity index (χ4n) is 1.78. The van der Waals surface area contributed by atoms with Crippen molar-refractivity contribution in [2.24, 2.45) is 5.41 Å². The highest BCUT2D eigenvalue weighted by Crippen LogP contribution is 2.32. The van der Waals surface area contributed by atoms with Crippen LogP contribution in [-0.4, -0.2) is 18.4 Å². The Hall–Kier alpha value is -1.37. The number of Topliss-reactive ketones (excluding diaryl/α,β-unsaturated/α-hetero) is 1. The summed E-state index contributed by atoms with van der Waals surface area (Å²) in [6, 6.07) is 1.93. The van der Waals surface area contributed by atoms with Gasteiger partial charge in [-0.05, 0) is 13.3 Å². The van der Waals surface area contributed by atoms with Gasteiger partial charge in [0.15, 0.2) is 5.78 Å². The maximum Gasteiger partial charge on any atom is 0.320 e. The molecule has 0 unspecified atom stereocenters. The van der Waals surface area contributed by atoms with Crippen LogP contribution >= 0.6 is 0 Å². The number of ether oxygens (including phenoxy) is 1.